The van der Waals surface area contributed by atoms with Gasteiger partial charge in [-0.1, -0.05) is 38.8 Å². The molecule has 0 aliphatic carbocycles. The molecule has 0 radical (unpaired) electrons. The number of nitrogens with zero attached hydrogens (tertiary/aromatic N) is 3. The maximum absolute atomic E-state index is 12.4. The van der Waals surface area contributed by atoms with Crippen LogP contribution in [-0.4, -0.2) is 20.7 Å². The van der Waals surface area contributed by atoms with Crippen molar-refractivity contribution in [3.8, 4) is 0 Å². The number of carbonyl (C=O) groups excluding carboxylic acids is 1. The molecule has 2 aromatic heterocycles. The first-order chi connectivity index (χ1) is 10.4. The second-order valence-electron chi connectivity index (χ2n) is 5.51. The Labute approximate surface area is 139 Å². The molecule has 5 nitrogen and oxygen atoms in total. The average Bonchev–Trinajstić information content (AvgIpc) is 3.01. The van der Waals surface area contributed by atoms with Crippen LogP contribution in [-0.2, 0) is 6.54 Å². The monoisotopic (exact) mass is 340 g/mol. The molecule has 0 aliphatic heterocycles. The van der Waals surface area contributed by atoms with Gasteiger partial charge in [0.15, 0.2) is 5.13 Å². The third-order valence-electron chi connectivity index (χ3n) is 3.35. The molecule has 0 aromatic carbocycles. The summed E-state index contributed by atoms with van der Waals surface area (Å²) in [5, 5.41) is 10.1. The molecule has 0 atom stereocenters. The van der Waals surface area contributed by atoms with E-state index in [-0.39, 0.29) is 5.91 Å². The molecule has 120 valence electrons. The highest BCUT2D eigenvalue weighted by Crippen LogP contribution is 2.25. The van der Waals surface area contributed by atoms with Crippen molar-refractivity contribution in [2.45, 2.75) is 53.0 Å². The summed E-state index contributed by atoms with van der Waals surface area (Å²) >= 11 is 7.72. The van der Waals surface area contributed by atoms with Crippen molar-refractivity contribution >= 4 is 34.0 Å². The minimum Gasteiger partial charge on any atom is -0.298 e. The lowest BCUT2D eigenvalue weighted by Crippen LogP contribution is -2.13. The number of hydrogen-bond donors (Lipinski definition) is 1. The van der Waals surface area contributed by atoms with Gasteiger partial charge in [0.25, 0.3) is 5.91 Å². The number of unbranched alkanes of at least 4 members (excludes halogenated alkanes) is 1. The van der Waals surface area contributed by atoms with Gasteiger partial charge in [-0.25, -0.2) is 4.98 Å². The summed E-state index contributed by atoms with van der Waals surface area (Å²) < 4.78 is 1.69. The topological polar surface area (TPSA) is 59.8 Å². The van der Waals surface area contributed by atoms with Gasteiger partial charge in [-0.3, -0.25) is 14.8 Å². The van der Waals surface area contributed by atoms with E-state index in [1.54, 1.807) is 11.6 Å². The van der Waals surface area contributed by atoms with Crippen molar-refractivity contribution in [1.29, 1.82) is 0 Å². The minimum atomic E-state index is -0.255. The predicted molar refractivity (Wildman–Crippen MR) is 91.0 cm³/mol. The van der Waals surface area contributed by atoms with Gasteiger partial charge < -0.3 is 0 Å². The highest BCUT2D eigenvalue weighted by molar-refractivity contribution is 7.14. The van der Waals surface area contributed by atoms with Crippen LogP contribution in [0.3, 0.4) is 0 Å². The molecule has 2 rings (SSSR count). The number of hydrogen-bond acceptors (Lipinski definition) is 4. The van der Waals surface area contributed by atoms with Gasteiger partial charge in [0.1, 0.15) is 5.15 Å². The van der Waals surface area contributed by atoms with Gasteiger partial charge in [0.2, 0.25) is 0 Å². The van der Waals surface area contributed by atoms with Crippen molar-refractivity contribution < 1.29 is 4.79 Å². The summed E-state index contributed by atoms with van der Waals surface area (Å²) in [7, 11) is 0. The van der Waals surface area contributed by atoms with E-state index in [2.05, 4.69) is 36.2 Å². The Balaban J connectivity index is 2.16. The standard InChI is InChI=1S/C15H21ClN4OS/c1-5-6-7-20-13(16)12(10(4)19-20)14(21)18-15-17-11(8-22-15)9(2)3/h8-9H,5-7H2,1-4H3,(H,17,18,21). The molecule has 2 aromatic rings. The number of aromatic nitrogens is 3. The normalized spacial score (nSPS) is 11.2. The zero-order valence-corrected chi connectivity index (χ0v) is 14.9. The number of aryl methyl sites for hydroxylation is 2. The maximum atomic E-state index is 12.4. The summed E-state index contributed by atoms with van der Waals surface area (Å²) in [6, 6.07) is 0. The van der Waals surface area contributed by atoms with Crippen LogP contribution in [0.1, 0.15) is 61.3 Å². The third-order valence-corrected chi connectivity index (χ3v) is 4.51. The van der Waals surface area contributed by atoms with Gasteiger partial charge in [-0.2, -0.15) is 5.10 Å². The molecule has 0 bridgehead atoms. The van der Waals surface area contributed by atoms with Crippen LogP contribution in [0.25, 0.3) is 0 Å². The van der Waals surface area contributed by atoms with Crippen LogP contribution in [0.15, 0.2) is 5.38 Å². The maximum Gasteiger partial charge on any atom is 0.262 e. The van der Waals surface area contributed by atoms with Crippen LogP contribution in [0, 0.1) is 6.92 Å². The second-order valence-corrected chi connectivity index (χ2v) is 6.73. The summed E-state index contributed by atoms with van der Waals surface area (Å²) in [4.78, 5) is 16.8. The molecule has 1 N–H and O–H groups in total. The first-order valence-electron chi connectivity index (χ1n) is 7.43. The van der Waals surface area contributed by atoms with Gasteiger partial charge in [-0.15, -0.1) is 11.3 Å². The highest BCUT2D eigenvalue weighted by Gasteiger charge is 2.21. The van der Waals surface area contributed by atoms with Gasteiger partial charge >= 0.3 is 0 Å². The summed E-state index contributed by atoms with van der Waals surface area (Å²) in [6.07, 6.45) is 2.03. The molecule has 22 heavy (non-hydrogen) atoms. The lowest BCUT2D eigenvalue weighted by atomic mass is 10.2. The molecule has 0 unspecified atom stereocenters. The Bertz CT molecular complexity index is 663. The quantitative estimate of drug-likeness (QED) is 0.843. The van der Waals surface area contributed by atoms with E-state index in [0.717, 1.165) is 25.1 Å². The fourth-order valence-electron chi connectivity index (χ4n) is 2.04. The van der Waals surface area contributed by atoms with Gasteiger partial charge in [-0.05, 0) is 19.3 Å². The number of nitrogens with one attached hydrogen (secondary N) is 1. The Kier molecular flexibility index (Phi) is 5.58. The van der Waals surface area contributed by atoms with Crippen LogP contribution in [0.4, 0.5) is 5.13 Å². The van der Waals surface area contributed by atoms with Crippen molar-refractivity contribution in [2.75, 3.05) is 5.32 Å². The second kappa shape index (κ2) is 7.24. The minimum absolute atomic E-state index is 0.255. The lowest BCUT2D eigenvalue weighted by molar-refractivity contribution is 0.102. The Hall–Kier alpha value is -1.40. The van der Waals surface area contributed by atoms with E-state index in [9.17, 15) is 4.79 Å². The van der Waals surface area contributed by atoms with Crippen molar-refractivity contribution in [3.05, 3.63) is 27.5 Å². The summed E-state index contributed by atoms with van der Waals surface area (Å²) in [5.74, 6) is 0.0823. The predicted octanol–water partition coefficient (Wildman–Crippen LogP) is 4.48. The smallest absolute Gasteiger partial charge is 0.262 e. The molecule has 1 amide bonds. The van der Waals surface area contributed by atoms with E-state index in [1.165, 1.54) is 11.3 Å². The molecule has 0 spiro atoms. The molecule has 0 saturated heterocycles. The van der Waals surface area contributed by atoms with E-state index >= 15 is 0 Å². The van der Waals surface area contributed by atoms with Crippen LogP contribution < -0.4 is 5.32 Å². The number of thiazole rings is 1. The Morgan fingerprint density at radius 1 is 1.50 bits per heavy atom. The fraction of sp³-hybridized carbons (Fsp3) is 0.533. The number of amides is 1. The van der Waals surface area contributed by atoms with Crippen molar-refractivity contribution in [2.24, 2.45) is 0 Å². The molecule has 7 heteroatoms. The van der Waals surface area contributed by atoms with Crippen LogP contribution in [0.2, 0.25) is 5.15 Å². The molecular weight excluding hydrogens is 320 g/mol. The van der Waals surface area contributed by atoms with Crippen molar-refractivity contribution in [3.63, 3.8) is 0 Å². The number of halogens is 1. The van der Waals surface area contributed by atoms with Crippen molar-refractivity contribution in [1.82, 2.24) is 14.8 Å². The third kappa shape index (κ3) is 3.67. The Morgan fingerprint density at radius 3 is 2.82 bits per heavy atom. The van der Waals surface area contributed by atoms with E-state index in [1.807, 2.05) is 5.38 Å². The van der Waals surface area contributed by atoms with Gasteiger partial charge in [0.05, 0.1) is 17.0 Å². The molecule has 0 fully saturated rings. The number of anilines is 1. The summed E-state index contributed by atoms with van der Waals surface area (Å²) in [5.41, 5.74) is 2.04. The molecule has 0 saturated carbocycles. The summed E-state index contributed by atoms with van der Waals surface area (Å²) in [6.45, 7) is 8.76. The van der Waals surface area contributed by atoms with Crippen LogP contribution in [0.5, 0.6) is 0 Å². The fourth-order valence-corrected chi connectivity index (χ4v) is 3.25. The zero-order chi connectivity index (χ0) is 16.3. The van der Waals surface area contributed by atoms with Crippen LogP contribution >= 0.6 is 22.9 Å². The van der Waals surface area contributed by atoms with Gasteiger partial charge in [0, 0.05) is 11.9 Å². The first-order valence-corrected chi connectivity index (χ1v) is 8.69. The Morgan fingerprint density at radius 2 is 2.23 bits per heavy atom. The van der Waals surface area contributed by atoms with E-state index in [4.69, 9.17) is 11.6 Å². The lowest BCUT2D eigenvalue weighted by Gasteiger charge is -2.03. The SMILES string of the molecule is CCCCn1nc(C)c(C(=O)Nc2nc(C(C)C)cs2)c1Cl. The number of carbonyl (C=O) groups is 1. The first kappa shape index (κ1) is 17.0. The largest absolute Gasteiger partial charge is 0.298 e. The molecular formula is C15H21ClN4OS. The molecule has 2 heterocycles. The average molecular weight is 341 g/mol. The molecule has 0 aliphatic rings. The number of rotatable bonds is 6. The van der Waals surface area contributed by atoms with E-state index in [0.29, 0.717) is 27.5 Å². The highest BCUT2D eigenvalue weighted by atomic mass is 35.5. The van der Waals surface area contributed by atoms with E-state index < -0.39 is 0 Å². The zero-order valence-electron chi connectivity index (χ0n) is 13.3.